The number of rotatable bonds is 11. The topological polar surface area (TPSA) is 138 Å². The fraction of sp³-hybridized carbons (Fsp3) is 0.407. The molecule has 3 atom stereocenters. The Kier molecular flexibility index (Phi) is 9.62. The first-order valence-electron chi connectivity index (χ1n) is 12.4. The monoisotopic (exact) mass is 509 g/mol. The summed E-state index contributed by atoms with van der Waals surface area (Å²) in [5.74, 6) is -1.49. The van der Waals surface area contributed by atoms with Crippen LogP contribution in [0.1, 0.15) is 37.8 Å². The highest BCUT2D eigenvalue weighted by molar-refractivity contribution is 5.93. The molecule has 0 aromatic heterocycles. The van der Waals surface area contributed by atoms with Gasteiger partial charge in [-0.15, -0.1) is 0 Å². The molecule has 10 heteroatoms. The standard InChI is InChI=1S/C27H35N5O5/c1-16(24(33)29-14-13-28-4)30-25(34)17(2)31-26(35)18(3)32-27(36)37-15-23-21-11-7-5-9-19(21)20-10-6-8-12-22(20)23/h5-12,16-18,23,28H,13-15H2,1-4H3,(H,29,33)(H,30,34)(H,31,35)(H,32,36)/t16-,17-,18-/m0/s1. The van der Waals surface area contributed by atoms with Gasteiger partial charge in [0.05, 0.1) is 0 Å². The number of carbonyl (C=O) groups is 4. The van der Waals surface area contributed by atoms with E-state index in [1.54, 1.807) is 14.0 Å². The Bertz CT molecular complexity index is 1090. The molecule has 0 fully saturated rings. The molecule has 2 aromatic carbocycles. The molecule has 0 bridgehead atoms. The third-order valence-corrected chi connectivity index (χ3v) is 6.25. The van der Waals surface area contributed by atoms with Crippen LogP contribution >= 0.6 is 0 Å². The van der Waals surface area contributed by atoms with Crippen LogP contribution in [0, 0.1) is 0 Å². The molecule has 0 unspecified atom stereocenters. The van der Waals surface area contributed by atoms with Crippen molar-refractivity contribution in [3.05, 3.63) is 59.7 Å². The molecule has 3 rings (SSSR count). The lowest BCUT2D eigenvalue weighted by Gasteiger charge is -2.21. The molecule has 0 heterocycles. The lowest BCUT2D eigenvalue weighted by molar-refractivity contribution is -0.131. The van der Waals surface area contributed by atoms with Crippen molar-refractivity contribution in [1.82, 2.24) is 26.6 Å². The molecule has 0 radical (unpaired) electrons. The Balaban J connectivity index is 1.46. The number of benzene rings is 2. The lowest BCUT2D eigenvalue weighted by Crippen LogP contribution is -2.54. The van der Waals surface area contributed by atoms with E-state index in [1.807, 2.05) is 36.4 Å². The maximum Gasteiger partial charge on any atom is 0.407 e. The van der Waals surface area contributed by atoms with Crippen molar-refractivity contribution in [1.29, 1.82) is 0 Å². The number of fused-ring (bicyclic) bond motifs is 3. The highest BCUT2D eigenvalue weighted by Gasteiger charge is 2.29. The molecule has 4 amide bonds. The number of carbonyl (C=O) groups excluding carboxylic acids is 4. The van der Waals surface area contributed by atoms with Gasteiger partial charge < -0.3 is 31.3 Å². The second kappa shape index (κ2) is 12.9. The second-order valence-electron chi connectivity index (χ2n) is 9.05. The summed E-state index contributed by atoms with van der Waals surface area (Å²) < 4.78 is 5.47. The first-order valence-corrected chi connectivity index (χ1v) is 12.4. The normalized spacial score (nSPS) is 14.4. The Morgan fingerprint density at radius 3 is 1.76 bits per heavy atom. The Labute approximate surface area is 216 Å². The van der Waals surface area contributed by atoms with Crippen LogP contribution in [0.3, 0.4) is 0 Å². The zero-order chi connectivity index (χ0) is 26.9. The minimum absolute atomic E-state index is 0.0940. The van der Waals surface area contributed by atoms with Gasteiger partial charge in [-0.3, -0.25) is 14.4 Å². The number of hydrogen-bond acceptors (Lipinski definition) is 6. The molecule has 0 saturated heterocycles. The second-order valence-corrected chi connectivity index (χ2v) is 9.05. The van der Waals surface area contributed by atoms with Gasteiger partial charge in [0.1, 0.15) is 24.7 Å². The van der Waals surface area contributed by atoms with Crippen molar-refractivity contribution in [2.75, 3.05) is 26.7 Å². The minimum Gasteiger partial charge on any atom is -0.449 e. The fourth-order valence-corrected chi connectivity index (χ4v) is 4.15. The number of amides is 4. The third-order valence-electron chi connectivity index (χ3n) is 6.25. The van der Waals surface area contributed by atoms with Gasteiger partial charge in [0.2, 0.25) is 17.7 Å². The van der Waals surface area contributed by atoms with Gasteiger partial charge in [-0.2, -0.15) is 0 Å². The number of ether oxygens (including phenoxy) is 1. The summed E-state index contributed by atoms with van der Waals surface area (Å²) in [6, 6.07) is 13.4. The first kappa shape index (κ1) is 27.7. The fourth-order valence-electron chi connectivity index (χ4n) is 4.15. The zero-order valence-electron chi connectivity index (χ0n) is 21.6. The molecule has 0 aliphatic heterocycles. The van der Waals surface area contributed by atoms with Crippen LogP contribution in [0.15, 0.2) is 48.5 Å². The summed E-state index contributed by atoms with van der Waals surface area (Å²) in [4.78, 5) is 49.4. The smallest absolute Gasteiger partial charge is 0.407 e. The molecule has 198 valence electrons. The molecule has 0 saturated carbocycles. The van der Waals surface area contributed by atoms with Gasteiger partial charge >= 0.3 is 6.09 Å². The van der Waals surface area contributed by atoms with E-state index in [0.29, 0.717) is 13.1 Å². The minimum atomic E-state index is -0.937. The summed E-state index contributed by atoms with van der Waals surface area (Å²) in [6.07, 6.45) is -0.728. The van der Waals surface area contributed by atoms with Crippen molar-refractivity contribution in [2.24, 2.45) is 0 Å². The van der Waals surface area contributed by atoms with Crippen LogP contribution in [0.25, 0.3) is 11.1 Å². The van der Waals surface area contributed by atoms with Gasteiger partial charge in [0, 0.05) is 19.0 Å². The van der Waals surface area contributed by atoms with Gasteiger partial charge in [0.25, 0.3) is 0 Å². The van der Waals surface area contributed by atoms with E-state index < -0.39 is 36.0 Å². The van der Waals surface area contributed by atoms with E-state index >= 15 is 0 Å². The first-order chi connectivity index (χ1) is 17.7. The lowest BCUT2D eigenvalue weighted by atomic mass is 9.98. The summed E-state index contributed by atoms with van der Waals surface area (Å²) in [5, 5.41) is 13.2. The van der Waals surface area contributed by atoms with E-state index in [-0.39, 0.29) is 18.4 Å². The van der Waals surface area contributed by atoms with E-state index in [9.17, 15) is 19.2 Å². The molecule has 10 nitrogen and oxygen atoms in total. The van der Waals surface area contributed by atoms with Gasteiger partial charge in [-0.25, -0.2) is 4.79 Å². The van der Waals surface area contributed by atoms with E-state index in [0.717, 1.165) is 22.3 Å². The molecule has 1 aliphatic rings. The van der Waals surface area contributed by atoms with Crippen molar-refractivity contribution in [3.8, 4) is 11.1 Å². The molecule has 2 aromatic rings. The summed E-state index contributed by atoms with van der Waals surface area (Å²) in [6.45, 7) is 5.72. The zero-order valence-corrected chi connectivity index (χ0v) is 21.6. The Hall–Kier alpha value is -3.92. The van der Waals surface area contributed by atoms with Crippen LogP contribution in [0.5, 0.6) is 0 Å². The predicted octanol–water partition coefficient (Wildman–Crippen LogP) is 1.26. The number of alkyl carbamates (subject to hydrolysis) is 1. The van der Waals surface area contributed by atoms with Crippen molar-refractivity contribution in [2.45, 2.75) is 44.8 Å². The average Bonchev–Trinajstić information content (AvgIpc) is 3.21. The van der Waals surface area contributed by atoms with Crippen LogP contribution in [-0.2, 0) is 19.1 Å². The van der Waals surface area contributed by atoms with E-state index in [2.05, 4.69) is 38.7 Å². The van der Waals surface area contributed by atoms with Crippen LogP contribution in [0.4, 0.5) is 4.79 Å². The maximum absolute atomic E-state index is 12.5. The summed E-state index contributed by atoms with van der Waals surface area (Å²) in [7, 11) is 1.77. The summed E-state index contributed by atoms with van der Waals surface area (Å²) in [5.41, 5.74) is 4.42. The van der Waals surface area contributed by atoms with Gasteiger partial charge in [-0.05, 0) is 50.1 Å². The van der Waals surface area contributed by atoms with Gasteiger partial charge in [0.15, 0.2) is 0 Å². The number of hydrogen-bond donors (Lipinski definition) is 5. The number of nitrogens with one attached hydrogen (secondary N) is 5. The van der Waals surface area contributed by atoms with Crippen molar-refractivity contribution < 1.29 is 23.9 Å². The van der Waals surface area contributed by atoms with E-state index in [4.69, 9.17) is 4.74 Å². The molecular weight excluding hydrogens is 474 g/mol. The van der Waals surface area contributed by atoms with Crippen LogP contribution < -0.4 is 26.6 Å². The van der Waals surface area contributed by atoms with Crippen LogP contribution in [-0.4, -0.2) is 68.7 Å². The van der Waals surface area contributed by atoms with Crippen molar-refractivity contribution in [3.63, 3.8) is 0 Å². The largest absolute Gasteiger partial charge is 0.449 e. The van der Waals surface area contributed by atoms with Gasteiger partial charge in [-0.1, -0.05) is 48.5 Å². The molecule has 0 spiro atoms. The molecule has 37 heavy (non-hydrogen) atoms. The van der Waals surface area contributed by atoms with Crippen molar-refractivity contribution >= 4 is 23.8 Å². The predicted molar refractivity (Wildman–Crippen MR) is 140 cm³/mol. The third kappa shape index (κ3) is 7.07. The highest BCUT2D eigenvalue weighted by atomic mass is 16.5. The molecule has 5 N–H and O–H groups in total. The SMILES string of the molecule is CNCCNC(=O)[C@H](C)NC(=O)[C@H](C)NC(=O)[C@H](C)NC(=O)OCC1c2ccccc2-c2ccccc21. The molecule has 1 aliphatic carbocycles. The molecular formula is C27H35N5O5. The Morgan fingerprint density at radius 2 is 1.22 bits per heavy atom. The summed E-state index contributed by atoms with van der Waals surface area (Å²) >= 11 is 0. The number of likely N-dealkylation sites (N-methyl/N-ethyl adjacent to an activating group) is 1. The maximum atomic E-state index is 12.5. The Morgan fingerprint density at radius 1 is 0.730 bits per heavy atom. The average molecular weight is 510 g/mol. The highest BCUT2D eigenvalue weighted by Crippen LogP contribution is 2.44. The van der Waals surface area contributed by atoms with Crippen LogP contribution in [0.2, 0.25) is 0 Å². The van der Waals surface area contributed by atoms with E-state index in [1.165, 1.54) is 13.8 Å². The quantitative estimate of drug-likeness (QED) is 0.289.